The zero-order chi connectivity index (χ0) is 21.1. The first-order chi connectivity index (χ1) is 15.8. The number of aromatic nitrogens is 5. The summed E-state index contributed by atoms with van der Waals surface area (Å²) < 4.78 is 7.82. The van der Waals surface area contributed by atoms with Crippen molar-refractivity contribution in [3.8, 4) is 11.3 Å². The Balaban J connectivity index is 1.21. The number of fused-ring (bicyclic) bond motifs is 2. The molecule has 7 nitrogen and oxygen atoms in total. The summed E-state index contributed by atoms with van der Waals surface area (Å²) in [7, 11) is 0. The van der Waals surface area contributed by atoms with E-state index in [4.69, 9.17) is 9.84 Å². The summed E-state index contributed by atoms with van der Waals surface area (Å²) in [6.07, 6.45) is 9.30. The highest BCUT2D eigenvalue weighted by atomic mass is 16.5. The Morgan fingerprint density at radius 2 is 1.97 bits per heavy atom. The highest BCUT2D eigenvalue weighted by molar-refractivity contribution is 5.87. The van der Waals surface area contributed by atoms with Crippen molar-refractivity contribution in [3.05, 3.63) is 42.2 Å². The Morgan fingerprint density at radius 1 is 1.06 bits per heavy atom. The van der Waals surface area contributed by atoms with Crippen LogP contribution in [0.25, 0.3) is 27.8 Å². The quantitative estimate of drug-likeness (QED) is 0.518. The smallest absolute Gasteiger partial charge is 0.154 e. The molecule has 1 saturated carbocycles. The van der Waals surface area contributed by atoms with E-state index >= 15 is 0 Å². The average molecular weight is 429 g/mol. The van der Waals surface area contributed by atoms with E-state index in [1.807, 2.05) is 10.7 Å². The fourth-order valence-electron chi connectivity index (χ4n) is 5.61. The third kappa shape index (κ3) is 3.02. The number of hydrogen-bond donors (Lipinski definition) is 1. The van der Waals surface area contributed by atoms with E-state index in [1.165, 1.54) is 49.6 Å². The first-order valence-corrected chi connectivity index (χ1v) is 11.9. The van der Waals surface area contributed by atoms with Crippen LogP contribution in [0.5, 0.6) is 0 Å². The van der Waals surface area contributed by atoms with E-state index in [9.17, 15) is 0 Å². The van der Waals surface area contributed by atoms with Crippen molar-refractivity contribution in [3.63, 3.8) is 0 Å². The molecule has 32 heavy (non-hydrogen) atoms. The molecule has 0 atom stereocenters. The molecule has 1 N–H and O–H groups in total. The van der Waals surface area contributed by atoms with Gasteiger partial charge in [-0.15, -0.1) is 5.10 Å². The van der Waals surface area contributed by atoms with E-state index < -0.39 is 0 Å². The molecule has 3 aromatic heterocycles. The van der Waals surface area contributed by atoms with Crippen LogP contribution in [0.4, 0.5) is 5.82 Å². The predicted molar refractivity (Wildman–Crippen MR) is 124 cm³/mol. The molecule has 5 heterocycles. The second kappa shape index (κ2) is 7.04. The lowest BCUT2D eigenvalue weighted by Crippen LogP contribution is -2.44. The molecule has 1 aliphatic carbocycles. The Morgan fingerprint density at radius 3 is 2.78 bits per heavy atom. The highest BCUT2D eigenvalue weighted by Crippen LogP contribution is 2.43. The average Bonchev–Trinajstić information content (AvgIpc) is 3.45. The minimum atomic E-state index is 0.387. The minimum Gasteiger partial charge on any atom is -0.381 e. The number of ether oxygens (including phenoxy) is 1. The molecule has 3 aliphatic rings. The van der Waals surface area contributed by atoms with Crippen molar-refractivity contribution < 1.29 is 4.74 Å². The van der Waals surface area contributed by atoms with E-state index in [1.54, 1.807) is 0 Å². The third-order valence-corrected chi connectivity index (χ3v) is 7.75. The number of aromatic amines is 1. The Hall–Kier alpha value is -2.93. The SMILES string of the molecule is c1cc2[nH]nc(C3CC3)c2cc1-c1cnc2ccc(N3CCC4(CCCOC4)CC3)nn12. The molecular formula is C25H28N6O. The maximum atomic E-state index is 5.81. The lowest BCUT2D eigenvalue weighted by atomic mass is 9.74. The number of imidazole rings is 1. The summed E-state index contributed by atoms with van der Waals surface area (Å²) in [5, 5.41) is 14.0. The van der Waals surface area contributed by atoms with Gasteiger partial charge in [-0.3, -0.25) is 5.10 Å². The van der Waals surface area contributed by atoms with E-state index in [0.717, 1.165) is 54.5 Å². The normalized spacial score (nSPS) is 21.1. The standard InChI is InChI=1S/C25H28N6O/c1-8-25(16-32-13-1)9-11-30(12-10-25)23-7-6-22-26-15-21(31(22)29-23)18-4-5-20-19(14-18)24(28-27-20)17-2-3-17/h4-7,14-15,17H,1-3,8-13,16H2,(H,27,28). The van der Waals surface area contributed by atoms with Crippen molar-refractivity contribution >= 4 is 22.4 Å². The fraction of sp³-hybridized carbons (Fsp3) is 0.480. The lowest BCUT2D eigenvalue weighted by Gasteiger charge is -2.44. The summed E-state index contributed by atoms with van der Waals surface area (Å²) in [4.78, 5) is 7.05. The van der Waals surface area contributed by atoms with Crippen molar-refractivity contribution in [2.75, 3.05) is 31.2 Å². The number of H-pyrrole nitrogens is 1. The summed E-state index contributed by atoms with van der Waals surface area (Å²) in [6.45, 7) is 3.94. The Labute approximate surface area is 186 Å². The van der Waals surface area contributed by atoms with E-state index in [2.05, 4.69) is 50.4 Å². The number of nitrogens with zero attached hydrogens (tertiary/aromatic N) is 5. The van der Waals surface area contributed by atoms with Gasteiger partial charge >= 0.3 is 0 Å². The fourth-order valence-corrected chi connectivity index (χ4v) is 5.61. The summed E-state index contributed by atoms with van der Waals surface area (Å²) >= 11 is 0. The molecule has 3 fully saturated rings. The van der Waals surface area contributed by atoms with Gasteiger partial charge in [-0.2, -0.15) is 5.10 Å². The number of nitrogens with one attached hydrogen (secondary N) is 1. The largest absolute Gasteiger partial charge is 0.381 e. The first-order valence-electron chi connectivity index (χ1n) is 11.9. The summed E-state index contributed by atoms with van der Waals surface area (Å²) in [5.74, 6) is 1.65. The van der Waals surface area contributed by atoms with E-state index in [0.29, 0.717) is 11.3 Å². The first kappa shape index (κ1) is 18.6. The predicted octanol–water partition coefficient (Wildman–Crippen LogP) is 4.55. The van der Waals surface area contributed by atoms with Gasteiger partial charge in [0.2, 0.25) is 0 Å². The number of piperidine rings is 1. The van der Waals surface area contributed by atoms with Gasteiger partial charge in [0.05, 0.1) is 29.7 Å². The second-order valence-electron chi connectivity index (χ2n) is 9.89. The molecule has 0 radical (unpaired) electrons. The second-order valence-corrected chi connectivity index (χ2v) is 9.89. The molecule has 7 heteroatoms. The highest BCUT2D eigenvalue weighted by Gasteiger charge is 2.36. The molecule has 1 spiro atoms. The van der Waals surface area contributed by atoms with Crippen LogP contribution in [0.1, 0.15) is 50.1 Å². The van der Waals surface area contributed by atoms with Crippen molar-refractivity contribution in [2.24, 2.45) is 5.41 Å². The monoisotopic (exact) mass is 428 g/mol. The van der Waals surface area contributed by atoms with Gasteiger partial charge in [-0.05, 0) is 68.2 Å². The summed E-state index contributed by atoms with van der Waals surface area (Å²) in [5.41, 5.74) is 5.74. The van der Waals surface area contributed by atoms with Crippen LogP contribution in [0.2, 0.25) is 0 Å². The molecule has 0 bridgehead atoms. The van der Waals surface area contributed by atoms with Crippen LogP contribution >= 0.6 is 0 Å². The number of anilines is 1. The molecule has 2 aliphatic heterocycles. The zero-order valence-corrected chi connectivity index (χ0v) is 18.3. The van der Waals surface area contributed by atoms with Crippen LogP contribution in [0, 0.1) is 5.41 Å². The van der Waals surface area contributed by atoms with Crippen LogP contribution in [0.15, 0.2) is 36.5 Å². The maximum Gasteiger partial charge on any atom is 0.154 e. The molecule has 2 saturated heterocycles. The zero-order valence-electron chi connectivity index (χ0n) is 18.3. The van der Waals surface area contributed by atoms with Gasteiger partial charge < -0.3 is 9.64 Å². The van der Waals surface area contributed by atoms with Gasteiger partial charge in [0.1, 0.15) is 5.82 Å². The molecule has 164 valence electrons. The van der Waals surface area contributed by atoms with Crippen molar-refractivity contribution in [2.45, 2.75) is 44.4 Å². The third-order valence-electron chi connectivity index (χ3n) is 7.75. The summed E-state index contributed by atoms with van der Waals surface area (Å²) in [6, 6.07) is 10.7. The van der Waals surface area contributed by atoms with Crippen LogP contribution in [-0.2, 0) is 4.74 Å². The lowest BCUT2D eigenvalue weighted by molar-refractivity contribution is -0.0210. The van der Waals surface area contributed by atoms with Crippen LogP contribution in [0.3, 0.4) is 0 Å². The number of benzene rings is 1. The van der Waals surface area contributed by atoms with Gasteiger partial charge in [-0.25, -0.2) is 9.50 Å². The van der Waals surface area contributed by atoms with Gasteiger partial charge in [-0.1, -0.05) is 6.07 Å². The van der Waals surface area contributed by atoms with Gasteiger partial charge in [0, 0.05) is 36.6 Å². The molecule has 0 unspecified atom stereocenters. The maximum absolute atomic E-state index is 5.81. The molecule has 4 aromatic rings. The molecule has 7 rings (SSSR count). The Bertz CT molecular complexity index is 1290. The number of rotatable bonds is 3. The van der Waals surface area contributed by atoms with Gasteiger partial charge in [0.15, 0.2) is 5.65 Å². The molecule has 0 amide bonds. The molecular weight excluding hydrogens is 400 g/mol. The number of hydrogen-bond acceptors (Lipinski definition) is 5. The Kier molecular flexibility index (Phi) is 4.09. The minimum absolute atomic E-state index is 0.387. The molecule has 1 aromatic carbocycles. The van der Waals surface area contributed by atoms with E-state index in [-0.39, 0.29) is 0 Å². The van der Waals surface area contributed by atoms with Crippen molar-refractivity contribution in [1.82, 2.24) is 24.8 Å². The van der Waals surface area contributed by atoms with Crippen LogP contribution < -0.4 is 4.90 Å². The van der Waals surface area contributed by atoms with Gasteiger partial charge in [0.25, 0.3) is 0 Å². The topological polar surface area (TPSA) is 71.3 Å². The van der Waals surface area contributed by atoms with Crippen molar-refractivity contribution in [1.29, 1.82) is 0 Å². The van der Waals surface area contributed by atoms with Crippen LogP contribution in [-0.4, -0.2) is 51.1 Å².